The maximum atomic E-state index is 11.6. The largest absolute Gasteiger partial charge is 0.507 e. The zero-order valence-corrected chi connectivity index (χ0v) is 16.3. The molecule has 2 N–H and O–H groups in total. The highest BCUT2D eigenvalue weighted by atomic mass is 16.3. The Morgan fingerprint density at radius 2 is 2.11 bits per heavy atom. The van der Waals surface area contributed by atoms with Gasteiger partial charge in [-0.3, -0.25) is 4.79 Å². The third kappa shape index (κ3) is 3.49. The second kappa shape index (κ2) is 7.10. The van der Waals surface area contributed by atoms with Crippen molar-refractivity contribution >= 4 is 17.6 Å². The number of aromatic hydroxyl groups is 1. The van der Waals surface area contributed by atoms with Crippen molar-refractivity contribution in [2.24, 2.45) is 0 Å². The first-order valence-electron chi connectivity index (χ1n) is 9.47. The van der Waals surface area contributed by atoms with Crippen molar-refractivity contribution in [1.29, 1.82) is 0 Å². The Balaban J connectivity index is 1.60. The molecule has 1 aromatic carbocycles. The Kier molecular flexibility index (Phi) is 4.62. The summed E-state index contributed by atoms with van der Waals surface area (Å²) in [6.45, 7) is 6.95. The molecule has 28 heavy (non-hydrogen) atoms. The van der Waals surface area contributed by atoms with Gasteiger partial charge in [0.05, 0.1) is 5.69 Å². The molecule has 3 heterocycles. The van der Waals surface area contributed by atoms with Gasteiger partial charge in [0.25, 0.3) is 5.78 Å². The zero-order chi connectivity index (χ0) is 19.8. The number of fused-ring (bicyclic) bond motifs is 1. The van der Waals surface area contributed by atoms with Gasteiger partial charge in [-0.25, -0.2) is 9.50 Å². The molecule has 0 saturated carbocycles. The van der Waals surface area contributed by atoms with Crippen molar-refractivity contribution in [1.82, 2.24) is 24.5 Å². The number of phenolic OH excluding ortho intramolecular Hbond substituents is 1. The van der Waals surface area contributed by atoms with E-state index in [1.165, 1.54) is 0 Å². The summed E-state index contributed by atoms with van der Waals surface area (Å²) in [7, 11) is 0. The Morgan fingerprint density at radius 3 is 2.86 bits per heavy atom. The summed E-state index contributed by atoms with van der Waals surface area (Å²) in [6.07, 6.45) is 3.71. The molecule has 8 nitrogen and oxygen atoms in total. The molecule has 0 bridgehead atoms. The van der Waals surface area contributed by atoms with Crippen LogP contribution in [0.4, 0.5) is 5.95 Å². The van der Waals surface area contributed by atoms with Gasteiger partial charge in [-0.15, -0.1) is 5.10 Å². The fraction of sp³-hybridized carbons (Fsp3) is 0.400. The Morgan fingerprint density at radius 1 is 1.29 bits per heavy atom. The van der Waals surface area contributed by atoms with Crippen LogP contribution >= 0.6 is 0 Å². The smallest absolute Gasteiger partial charge is 0.254 e. The fourth-order valence-electron chi connectivity index (χ4n) is 3.82. The van der Waals surface area contributed by atoms with E-state index in [9.17, 15) is 9.90 Å². The lowest BCUT2D eigenvalue weighted by molar-refractivity contribution is -0.129. The number of benzene rings is 1. The molecule has 1 fully saturated rings. The zero-order valence-electron chi connectivity index (χ0n) is 16.3. The second-order valence-electron chi connectivity index (χ2n) is 7.42. The van der Waals surface area contributed by atoms with Crippen LogP contribution in [0.5, 0.6) is 5.75 Å². The first kappa shape index (κ1) is 18.2. The van der Waals surface area contributed by atoms with Crippen LogP contribution in [0.3, 0.4) is 0 Å². The van der Waals surface area contributed by atoms with Gasteiger partial charge in [-0.05, 0) is 49.9 Å². The van der Waals surface area contributed by atoms with Crippen LogP contribution in [0, 0.1) is 13.8 Å². The molecule has 4 rings (SSSR count). The van der Waals surface area contributed by atoms with E-state index < -0.39 is 0 Å². The summed E-state index contributed by atoms with van der Waals surface area (Å²) in [4.78, 5) is 22.5. The summed E-state index contributed by atoms with van der Waals surface area (Å²) in [5.41, 5.74) is 3.32. The van der Waals surface area contributed by atoms with E-state index in [4.69, 9.17) is 0 Å². The molecule has 1 unspecified atom stereocenters. The van der Waals surface area contributed by atoms with Gasteiger partial charge in [0, 0.05) is 37.8 Å². The van der Waals surface area contributed by atoms with Gasteiger partial charge in [0.15, 0.2) is 0 Å². The van der Waals surface area contributed by atoms with E-state index in [-0.39, 0.29) is 17.7 Å². The maximum Gasteiger partial charge on any atom is 0.254 e. The SMILES string of the molecule is CC(=O)N1CCCC(Nc2nc3nc(-c4c(C)cc(C)cc4O)ccn3n2)C1. The third-order valence-electron chi connectivity index (χ3n) is 5.12. The molecule has 8 heteroatoms. The van der Waals surface area contributed by atoms with Crippen molar-refractivity contribution in [3.63, 3.8) is 0 Å². The van der Waals surface area contributed by atoms with Crippen molar-refractivity contribution in [3.05, 3.63) is 35.5 Å². The summed E-state index contributed by atoms with van der Waals surface area (Å²) in [5, 5.41) is 18.1. The normalized spacial score (nSPS) is 17.1. The molecular weight excluding hydrogens is 356 g/mol. The number of likely N-dealkylation sites (tertiary alicyclic amines) is 1. The predicted molar refractivity (Wildman–Crippen MR) is 106 cm³/mol. The molecule has 0 spiro atoms. The first-order chi connectivity index (χ1) is 13.4. The van der Waals surface area contributed by atoms with Crippen molar-refractivity contribution in [2.45, 2.75) is 39.7 Å². The number of aryl methyl sites for hydroxylation is 2. The summed E-state index contributed by atoms with van der Waals surface area (Å²) in [5.74, 6) is 1.25. The van der Waals surface area contributed by atoms with Gasteiger partial charge in [-0.1, -0.05) is 6.07 Å². The minimum atomic E-state index is 0.0917. The molecular formula is C20H24N6O2. The van der Waals surface area contributed by atoms with E-state index in [0.29, 0.717) is 29.5 Å². The lowest BCUT2D eigenvalue weighted by Gasteiger charge is -2.32. The second-order valence-corrected chi connectivity index (χ2v) is 7.42. The van der Waals surface area contributed by atoms with E-state index in [2.05, 4.69) is 20.4 Å². The van der Waals surface area contributed by atoms with E-state index in [0.717, 1.165) is 30.5 Å². The minimum absolute atomic E-state index is 0.0917. The average molecular weight is 380 g/mol. The van der Waals surface area contributed by atoms with Gasteiger partial charge in [0.2, 0.25) is 11.9 Å². The number of hydrogen-bond donors (Lipinski definition) is 2. The topological polar surface area (TPSA) is 95.7 Å². The number of rotatable bonds is 3. The molecule has 1 saturated heterocycles. The number of phenols is 1. The molecule has 0 aliphatic carbocycles. The highest BCUT2D eigenvalue weighted by Gasteiger charge is 2.22. The molecule has 3 aromatic rings. The molecule has 2 aromatic heterocycles. The van der Waals surface area contributed by atoms with Crippen LogP contribution in [-0.4, -0.2) is 54.6 Å². The molecule has 146 valence electrons. The van der Waals surface area contributed by atoms with Gasteiger partial charge >= 0.3 is 0 Å². The van der Waals surface area contributed by atoms with Crippen LogP contribution in [0.1, 0.15) is 30.9 Å². The number of aromatic nitrogens is 4. The number of amides is 1. The summed E-state index contributed by atoms with van der Waals surface area (Å²) < 4.78 is 1.61. The summed E-state index contributed by atoms with van der Waals surface area (Å²) in [6, 6.07) is 5.69. The van der Waals surface area contributed by atoms with Crippen LogP contribution in [-0.2, 0) is 4.79 Å². The summed E-state index contributed by atoms with van der Waals surface area (Å²) >= 11 is 0. The number of anilines is 1. The Hall–Kier alpha value is -3.16. The number of hydrogen-bond acceptors (Lipinski definition) is 6. The van der Waals surface area contributed by atoms with Crippen molar-refractivity contribution < 1.29 is 9.90 Å². The average Bonchev–Trinajstić information content (AvgIpc) is 3.02. The monoisotopic (exact) mass is 380 g/mol. The first-order valence-corrected chi connectivity index (χ1v) is 9.47. The molecule has 1 aliphatic heterocycles. The van der Waals surface area contributed by atoms with Crippen LogP contribution in [0.25, 0.3) is 17.0 Å². The molecule has 1 amide bonds. The van der Waals surface area contributed by atoms with Gasteiger partial charge < -0.3 is 15.3 Å². The number of carbonyl (C=O) groups is 1. The number of nitrogens with zero attached hydrogens (tertiary/aromatic N) is 5. The Labute approximate surface area is 163 Å². The number of carbonyl (C=O) groups excluding carboxylic acids is 1. The number of nitrogens with one attached hydrogen (secondary N) is 1. The number of piperidine rings is 1. The van der Waals surface area contributed by atoms with Crippen molar-refractivity contribution in [3.8, 4) is 17.0 Å². The van der Waals surface area contributed by atoms with Crippen LogP contribution in [0.15, 0.2) is 24.4 Å². The predicted octanol–water partition coefficient (Wildman–Crippen LogP) is 2.54. The highest BCUT2D eigenvalue weighted by Crippen LogP contribution is 2.32. The lowest BCUT2D eigenvalue weighted by Crippen LogP contribution is -2.44. The maximum absolute atomic E-state index is 11.6. The molecule has 1 atom stereocenters. The standard InChI is InChI=1S/C20H24N6O2/c1-12-9-13(2)18(17(28)10-12)16-6-8-26-20(22-16)23-19(24-26)21-15-5-4-7-25(11-15)14(3)27/h6,8-10,15,28H,4-5,7,11H2,1-3H3,(H,21,24). The molecule has 0 radical (unpaired) electrons. The highest BCUT2D eigenvalue weighted by molar-refractivity contribution is 5.73. The fourth-order valence-corrected chi connectivity index (χ4v) is 3.82. The third-order valence-corrected chi connectivity index (χ3v) is 5.12. The van der Waals surface area contributed by atoms with Gasteiger partial charge in [0.1, 0.15) is 5.75 Å². The van der Waals surface area contributed by atoms with E-state index in [1.807, 2.05) is 30.9 Å². The van der Waals surface area contributed by atoms with Crippen LogP contribution in [0.2, 0.25) is 0 Å². The van der Waals surface area contributed by atoms with E-state index in [1.54, 1.807) is 23.7 Å². The quantitative estimate of drug-likeness (QED) is 0.725. The van der Waals surface area contributed by atoms with Crippen LogP contribution < -0.4 is 5.32 Å². The molecule has 1 aliphatic rings. The van der Waals surface area contributed by atoms with Crippen molar-refractivity contribution in [2.75, 3.05) is 18.4 Å². The van der Waals surface area contributed by atoms with Gasteiger partial charge in [-0.2, -0.15) is 4.98 Å². The Bertz CT molecular complexity index is 1020. The lowest BCUT2D eigenvalue weighted by atomic mass is 10.0. The van der Waals surface area contributed by atoms with E-state index >= 15 is 0 Å². The minimum Gasteiger partial charge on any atom is -0.507 e.